The zero-order valence-corrected chi connectivity index (χ0v) is 8.68. The topological polar surface area (TPSA) is 60.8 Å². The summed E-state index contributed by atoms with van der Waals surface area (Å²) in [7, 11) is 1.64. The molecule has 1 amide bonds. The van der Waals surface area contributed by atoms with E-state index in [9.17, 15) is 4.79 Å². The largest absolute Gasteiger partial charge is 0.395 e. The SMILES string of the molecule is CN(CCO)C(=O)c1ccc(CO)cc1. The fourth-order valence-corrected chi connectivity index (χ4v) is 1.22. The molecule has 0 aromatic heterocycles. The van der Waals surface area contributed by atoms with E-state index in [0.717, 1.165) is 5.56 Å². The second-order valence-electron chi connectivity index (χ2n) is 3.31. The van der Waals surface area contributed by atoms with Crippen molar-refractivity contribution in [3.8, 4) is 0 Å². The molecule has 4 nitrogen and oxygen atoms in total. The quantitative estimate of drug-likeness (QED) is 0.747. The molecule has 0 fully saturated rings. The van der Waals surface area contributed by atoms with Crippen molar-refractivity contribution in [2.45, 2.75) is 6.61 Å². The van der Waals surface area contributed by atoms with Gasteiger partial charge >= 0.3 is 0 Å². The van der Waals surface area contributed by atoms with E-state index in [1.165, 1.54) is 4.90 Å². The molecule has 1 aromatic rings. The predicted molar refractivity (Wildman–Crippen MR) is 56.4 cm³/mol. The number of likely N-dealkylation sites (N-methyl/N-ethyl adjacent to an activating group) is 1. The summed E-state index contributed by atoms with van der Waals surface area (Å²) in [6.45, 7) is 0.249. The summed E-state index contributed by atoms with van der Waals surface area (Å²) in [6.07, 6.45) is 0. The van der Waals surface area contributed by atoms with E-state index in [2.05, 4.69) is 0 Å². The number of nitrogens with zero attached hydrogens (tertiary/aromatic N) is 1. The van der Waals surface area contributed by atoms with Crippen molar-refractivity contribution in [2.24, 2.45) is 0 Å². The van der Waals surface area contributed by atoms with Gasteiger partial charge < -0.3 is 15.1 Å². The van der Waals surface area contributed by atoms with E-state index in [1.807, 2.05) is 0 Å². The maximum atomic E-state index is 11.7. The van der Waals surface area contributed by atoms with Gasteiger partial charge in [-0.3, -0.25) is 4.79 Å². The maximum Gasteiger partial charge on any atom is 0.253 e. The molecule has 0 saturated carbocycles. The van der Waals surface area contributed by atoms with Gasteiger partial charge in [-0.15, -0.1) is 0 Å². The van der Waals surface area contributed by atoms with Crippen LogP contribution in [0.5, 0.6) is 0 Å². The lowest BCUT2D eigenvalue weighted by molar-refractivity contribution is 0.0767. The number of hydrogen-bond donors (Lipinski definition) is 2. The van der Waals surface area contributed by atoms with Crippen molar-refractivity contribution in [1.29, 1.82) is 0 Å². The number of carbonyl (C=O) groups excluding carboxylic acids is 1. The van der Waals surface area contributed by atoms with Crippen molar-refractivity contribution in [1.82, 2.24) is 4.90 Å². The number of amides is 1. The Morgan fingerprint density at radius 2 is 1.87 bits per heavy atom. The molecule has 15 heavy (non-hydrogen) atoms. The van der Waals surface area contributed by atoms with Crippen LogP contribution in [0.15, 0.2) is 24.3 Å². The predicted octanol–water partition coefficient (Wildman–Crippen LogP) is 0.243. The Labute approximate surface area is 88.8 Å². The Bertz CT molecular complexity index is 321. The Morgan fingerprint density at radius 1 is 1.27 bits per heavy atom. The van der Waals surface area contributed by atoms with Gasteiger partial charge in [0.2, 0.25) is 0 Å². The fraction of sp³-hybridized carbons (Fsp3) is 0.364. The van der Waals surface area contributed by atoms with Crippen molar-refractivity contribution in [3.05, 3.63) is 35.4 Å². The highest BCUT2D eigenvalue weighted by molar-refractivity contribution is 5.94. The molecule has 1 rings (SSSR count). The van der Waals surface area contributed by atoms with E-state index in [4.69, 9.17) is 10.2 Å². The minimum atomic E-state index is -0.131. The second-order valence-corrected chi connectivity index (χ2v) is 3.31. The average Bonchev–Trinajstić information content (AvgIpc) is 2.28. The number of aliphatic hydroxyl groups excluding tert-OH is 2. The summed E-state index contributed by atoms with van der Waals surface area (Å²) in [5, 5.41) is 17.5. The molecule has 0 aliphatic heterocycles. The smallest absolute Gasteiger partial charge is 0.253 e. The number of benzene rings is 1. The summed E-state index contributed by atoms with van der Waals surface area (Å²) in [5.74, 6) is -0.131. The molecule has 0 aliphatic rings. The van der Waals surface area contributed by atoms with Crippen molar-refractivity contribution < 1.29 is 15.0 Å². The molecule has 0 bridgehead atoms. The number of hydrogen-bond acceptors (Lipinski definition) is 3. The van der Waals surface area contributed by atoms with E-state index in [1.54, 1.807) is 31.3 Å². The highest BCUT2D eigenvalue weighted by Gasteiger charge is 2.10. The molecule has 0 spiro atoms. The summed E-state index contributed by atoms with van der Waals surface area (Å²) in [6, 6.07) is 6.75. The molecule has 82 valence electrons. The van der Waals surface area contributed by atoms with Crippen LogP contribution in [-0.4, -0.2) is 41.2 Å². The lowest BCUT2D eigenvalue weighted by Gasteiger charge is -2.15. The zero-order valence-electron chi connectivity index (χ0n) is 8.68. The van der Waals surface area contributed by atoms with E-state index in [-0.39, 0.29) is 19.1 Å². The number of carbonyl (C=O) groups is 1. The third-order valence-corrected chi connectivity index (χ3v) is 2.17. The molecule has 0 unspecified atom stereocenters. The lowest BCUT2D eigenvalue weighted by Crippen LogP contribution is -2.29. The summed E-state index contributed by atoms with van der Waals surface area (Å²) < 4.78 is 0. The molecule has 4 heteroatoms. The molecule has 0 atom stereocenters. The van der Waals surface area contributed by atoms with Crippen LogP contribution in [0.3, 0.4) is 0 Å². The maximum absolute atomic E-state index is 11.7. The van der Waals surface area contributed by atoms with Crippen LogP contribution in [-0.2, 0) is 6.61 Å². The lowest BCUT2D eigenvalue weighted by atomic mass is 10.1. The van der Waals surface area contributed by atoms with Gasteiger partial charge in [0.05, 0.1) is 13.2 Å². The van der Waals surface area contributed by atoms with Gasteiger partial charge in [-0.25, -0.2) is 0 Å². The van der Waals surface area contributed by atoms with Crippen LogP contribution in [0.2, 0.25) is 0 Å². The van der Waals surface area contributed by atoms with Crippen LogP contribution >= 0.6 is 0 Å². The standard InChI is InChI=1S/C11H15NO3/c1-12(6-7-13)11(15)10-4-2-9(8-14)3-5-10/h2-5,13-14H,6-8H2,1H3. The first kappa shape index (κ1) is 11.7. The van der Waals surface area contributed by atoms with Gasteiger partial charge in [-0.05, 0) is 17.7 Å². The number of rotatable bonds is 4. The Balaban J connectivity index is 2.73. The Hall–Kier alpha value is -1.39. The molecular weight excluding hydrogens is 194 g/mol. The minimum Gasteiger partial charge on any atom is -0.395 e. The van der Waals surface area contributed by atoms with Crippen molar-refractivity contribution >= 4 is 5.91 Å². The zero-order chi connectivity index (χ0) is 11.3. The molecule has 0 radical (unpaired) electrons. The Morgan fingerprint density at radius 3 is 2.33 bits per heavy atom. The highest BCUT2D eigenvalue weighted by atomic mass is 16.3. The Kier molecular flexibility index (Phi) is 4.27. The number of aliphatic hydroxyl groups is 2. The second kappa shape index (κ2) is 5.48. The minimum absolute atomic E-state index is 0.0268. The molecule has 1 aromatic carbocycles. The average molecular weight is 209 g/mol. The van der Waals surface area contributed by atoms with Gasteiger partial charge in [0.15, 0.2) is 0 Å². The summed E-state index contributed by atoms with van der Waals surface area (Å²) in [5.41, 5.74) is 1.33. The van der Waals surface area contributed by atoms with Crippen LogP contribution in [0.4, 0.5) is 0 Å². The van der Waals surface area contributed by atoms with Crippen LogP contribution in [0.25, 0.3) is 0 Å². The molecule has 0 heterocycles. The first-order chi connectivity index (χ1) is 7.19. The third kappa shape index (κ3) is 3.04. The molecule has 0 aliphatic carbocycles. The van der Waals surface area contributed by atoms with Crippen molar-refractivity contribution in [3.63, 3.8) is 0 Å². The van der Waals surface area contributed by atoms with Gasteiger partial charge in [-0.2, -0.15) is 0 Å². The normalized spacial score (nSPS) is 10.1. The fourth-order valence-electron chi connectivity index (χ4n) is 1.22. The highest BCUT2D eigenvalue weighted by Crippen LogP contribution is 2.06. The van der Waals surface area contributed by atoms with Crippen LogP contribution < -0.4 is 0 Å². The van der Waals surface area contributed by atoms with Crippen molar-refractivity contribution in [2.75, 3.05) is 20.2 Å². The van der Waals surface area contributed by atoms with E-state index < -0.39 is 0 Å². The molecule has 2 N–H and O–H groups in total. The van der Waals surface area contributed by atoms with Gasteiger partial charge in [0, 0.05) is 19.2 Å². The van der Waals surface area contributed by atoms with E-state index >= 15 is 0 Å². The van der Waals surface area contributed by atoms with E-state index in [0.29, 0.717) is 12.1 Å². The van der Waals surface area contributed by atoms with Crippen LogP contribution in [0.1, 0.15) is 15.9 Å². The first-order valence-electron chi connectivity index (χ1n) is 4.75. The summed E-state index contributed by atoms with van der Waals surface area (Å²) >= 11 is 0. The third-order valence-electron chi connectivity index (χ3n) is 2.17. The van der Waals surface area contributed by atoms with Gasteiger partial charge in [0.25, 0.3) is 5.91 Å². The molecular formula is C11H15NO3. The summed E-state index contributed by atoms with van der Waals surface area (Å²) in [4.78, 5) is 13.1. The van der Waals surface area contributed by atoms with Gasteiger partial charge in [0.1, 0.15) is 0 Å². The monoisotopic (exact) mass is 209 g/mol. The molecule has 0 saturated heterocycles. The van der Waals surface area contributed by atoms with Gasteiger partial charge in [-0.1, -0.05) is 12.1 Å². The van der Waals surface area contributed by atoms with Crippen LogP contribution in [0, 0.1) is 0 Å². The first-order valence-corrected chi connectivity index (χ1v) is 4.75.